The van der Waals surface area contributed by atoms with E-state index in [1.54, 1.807) is 0 Å². The number of amides is 1. The van der Waals surface area contributed by atoms with Gasteiger partial charge in [0.15, 0.2) is 0 Å². The molecule has 80 valence electrons. The Morgan fingerprint density at radius 2 is 2.21 bits per heavy atom. The maximum absolute atomic E-state index is 11.7. The van der Waals surface area contributed by atoms with Gasteiger partial charge in [-0.05, 0) is 31.7 Å². The van der Waals surface area contributed by atoms with Crippen LogP contribution >= 0.6 is 0 Å². The summed E-state index contributed by atoms with van der Waals surface area (Å²) in [5.74, 6) is 0.534. The summed E-state index contributed by atoms with van der Waals surface area (Å²) >= 11 is 0. The van der Waals surface area contributed by atoms with Crippen molar-refractivity contribution in [1.29, 1.82) is 0 Å². The van der Waals surface area contributed by atoms with Crippen molar-refractivity contribution in [2.24, 2.45) is 5.92 Å². The topological polar surface area (TPSA) is 61.4 Å². The van der Waals surface area contributed by atoms with Gasteiger partial charge >= 0.3 is 0 Å². The molecule has 0 bridgehead atoms. The van der Waals surface area contributed by atoms with Gasteiger partial charge in [0.05, 0.1) is 12.1 Å². The van der Waals surface area contributed by atoms with Crippen molar-refractivity contribution in [1.82, 2.24) is 10.6 Å². The van der Waals surface area contributed by atoms with Crippen molar-refractivity contribution in [2.45, 2.75) is 44.4 Å². The van der Waals surface area contributed by atoms with Crippen LogP contribution in [-0.2, 0) is 4.79 Å². The summed E-state index contributed by atoms with van der Waals surface area (Å²) in [6.45, 7) is 3.03. The highest BCUT2D eigenvalue weighted by molar-refractivity contribution is 5.82. The van der Waals surface area contributed by atoms with Gasteiger partial charge in [-0.3, -0.25) is 4.79 Å². The minimum atomic E-state index is -0.200. The second-order valence-electron chi connectivity index (χ2n) is 4.53. The molecule has 1 aliphatic carbocycles. The van der Waals surface area contributed by atoms with Crippen molar-refractivity contribution in [3.63, 3.8) is 0 Å². The molecule has 0 aromatic rings. The maximum Gasteiger partial charge on any atom is 0.237 e. The summed E-state index contributed by atoms with van der Waals surface area (Å²) < 4.78 is 0. The zero-order valence-corrected chi connectivity index (χ0v) is 8.49. The highest BCUT2D eigenvalue weighted by Crippen LogP contribution is 2.21. The van der Waals surface area contributed by atoms with Crippen molar-refractivity contribution in [3.05, 3.63) is 0 Å². The first-order valence-corrected chi connectivity index (χ1v) is 5.38. The average Bonchev–Trinajstić information content (AvgIpc) is 2.48. The first-order chi connectivity index (χ1) is 6.66. The van der Waals surface area contributed by atoms with E-state index in [0.717, 1.165) is 13.0 Å². The van der Waals surface area contributed by atoms with E-state index in [4.69, 9.17) is 5.11 Å². The summed E-state index contributed by atoms with van der Waals surface area (Å²) in [5, 5.41) is 15.2. The molecule has 4 nitrogen and oxygen atoms in total. The number of nitrogens with one attached hydrogen (secondary N) is 2. The van der Waals surface area contributed by atoms with E-state index in [0.29, 0.717) is 18.8 Å². The monoisotopic (exact) mass is 198 g/mol. The molecule has 2 atom stereocenters. The minimum absolute atomic E-state index is 0.0206. The molecule has 2 fully saturated rings. The van der Waals surface area contributed by atoms with Crippen LogP contribution in [0.2, 0.25) is 0 Å². The molecular formula is C10H18N2O2. The number of aliphatic hydroxyl groups excluding tert-OH is 1. The summed E-state index contributed by atoms with van der Waals surface area (Å²) in [6.07, 6.45) is 2.31. The average molecular weight is 198 g/mol. The summed E-state index contributed by atoms with van der Waals surface area (Å²) in [7, 11) is 0. The van der Waals surface area contributed by atoms with E-state index in [2.05, 4.69) is 17.6 Å². The number of carbonyl (C=O) groups excluding carboxylic acids is 1. The van der Waals surface area contributed by atoms with Gasteiger partial charge in [0, 0.05) is 6.04 Å². The third kappa shape index (κ3) is 1.91. The zero-order valence-electron chi connectivity index (χ0n) is 8.49. The van der Waals surface area contributed by atoms with Gasteiger partial charge in [-0.1, -0.05) is 6.92 Å². The standard InChI is InChI=1S/C10H18N2O2/c1-6-2-3-11-9(6)10(14)12-7-4-8(13)5-7/h6-9,11,13H,2-5H2,1H3,(H,12,14). The molecule has 0 aromatic heterocycles. The number of aliphatic hydroxyl groups is 1. The molecule has 2 aliphatic rings. The van der Waals surface area contributed by atoms with Crippen LogP contribution < -0.4 is 10.6 Å². The molecule has 3 N–H and O–H groups in total. The zero-order chi connectivity index (χ0) is 10.1. The van der Waals surface area contributed by atoms with E-state index in [1.165, 1.54) is 0 Å². The van der Waals surface area contributed by atoms with Crippen LogP contribution in [0.4, 0.5) is 0 Å². The Balaban J connectivity index is 1.78. The first kappa shape index (κ1) is 9.93. The van der Waals surface area contributed by atoms with E-state index >= 15 is 0 Å². The summed E-state index contributed by atoms with van der Waals surface area (Å²) in [4.78, 5) is 11.7. The summed E-state index contributed by atoms with van der Waals surface area (Å²) in [5.41, 5.74) is 0. The molecule has 1 saturated carbocycles. The molecule has 1 amide bonds. The second-order valence-corrected chi connectivity index (χ2v) is 4.53. The fourth-order valence-electron chi connectivity index (χ4n) is 2.18. The van der Waals surface area contributed by atoms with Crippen LogP contribution in [0.15, 0.2) is 0 Å². The van der Waals surface area contributed by atoms with Gasteiger partial charge in [-0.2, -0.15) is 0 Å². The lowest BCUT2D eigenvalue weighted by atomic mass is 9.89. The number of rotatable bonds is 2. The lowest BCUT2D eigenvalue weighted by Crippen LogP contribution is -2.52. The van der Waals surface area contributed by atoms with Gasteiger partial charge < -0.3 is 15.7 Å². The van der Waals surface area contributed by atoms with Crippen molar-refractivity contribution < 1.29 is 9.90 Å². The molecule has 1 saturated heterocycles. The predicted molar refractivity (Wildman–Crippen MR) is 52.7 cm³/mol. The van der Waals surface area contributed by atoms with Gasteiger partial charge in [0.2, 0.25) is 5.91 Å². The second kappa shape index (κ2) is 3.87. The molecule has 0 spiro atoms. The Morgan fingerprint density at radius 3 is 2.71 bits per heavy atom. The fraction of sp³-hybridized carbons (Fsp3) is 0.900. The third-order valence-electron chi connectivity index (χ3n) is 3.28. The molecule has 1 heterocycles. The number of hydrogen-bond acceptors (Lipinski definition) is 3. The van der Waals surface area contributed by atoms with Gasteiger partial charge in [-0.25, -0.2) is 0 Å². The van der Waals surface area contributed by atoms with Crippen molar-refractivity contribution >= 4 is 5.91 Å². The lowest BCUT2D eigenvalue weighted by molar-refractivity contribution is -0.125. The number of hydrogen-bond donors (Lipinski definition) is 3. The van der Waals surface area contributed by atoms with Crippen LogP contribution in [0.3, 0.4) is 0 Å². The Hall–Kier alpha value is -0.610. The minimum Gasteiger partial charge on any atom is -0.393 e. The predicted octanol–water partition coefficient (Wildman–Crippen LogP) is -0.376. The highest BCUT2D eigenvalue weighted by Gasteiger charge is 2.34. The Kier molecular flexibility index (Phi) is 2.74. The molecule has 4 heteroatoms. The first-order valence-electron chi connectivity index (χ1n) is 5.38. The Bertz CT molecular complexity index is 226. The van der Waals surface area contributed by atoms with Gasteiger partial charge in [0.1, 0.15) is 0 Å². The fourth-order valence-corrected chi connectivity index (χ4v) is 2.18. The van der Waals surface area contributed by atoms with Crippen LogP contribution in [0.1, 0.15) is 26.2 Å². The van der Waals surface area contributed by atoms with Crippen LogP contribution in [0, 0.1) is 5.92 Å². The van der Waals surface area contributed by atoms with E-state index in [1.807, 2.05) is 0 Å². The van der Waals surface area contributed by atoms with Crippen molar-refractivity contribution in [2.75, 3.05) is 6.54 Å². The molecule has 0 aromatic carbocycles. The molecular weight excluding hydrogens is 180 g/mol. The number of carbonyl (C=O) groups is 1. The highest BCUT2D eigenvalue weighted by atomic mass is 16.3. The Labute approximate surface area is 84.1 Å². The maximum atomic E-state index is 11.7. The largest absolute Gasteiger partial charge is 0.393 e. The van der Waals surface area contributed by atoms with Crippen LogP contribution in [0.25, 0.3) is 0 Å². The van der Waals surface area contributed by atoms with E-state index in [-0.39, 0.29) is 24.1 Å². The molecule has 2 rings (SSSR count). The van der Waals surface area contributed by atoms with Crippen LogP contribution in [0.5, 0.6) is 0 Å². The molecule has 2 unspecified atom stereocenters. The van der Waals surface area contributed by atoms with Gasteiger partial charge in [-0.15, -0.1) is 0 Å². The smallest absolute Gasteiger partial charge is 0.237 e. The van der Waals surface area contributed by atoms with E-state index in [9.17, 15) is 4.79 Å². The molecule has 0 radical (unpaired) electrons. The summed E-state index contributed by atoms with van der Waals surface area (Å²) in [6, 6.07) is 0.180. The lowest BCUT2D eigenvalue weighted by Gasteiger charge is -2.33. The van der Waals surface area contributed by atoms with Crippen LogP contribution in [-0.4, -0.2) is 35.7 Å². The molecule has 1 aliphatic heterocycles. The Morgan fingerprint density at radius 1 is 1.50 bits per heavy atom. The normalized spacial score (nSPS) is 41.9. The van der Waals surface area contributed by atoms with E-state index < -0.39 is 0 Å². The van der Waals surface area contributed by atoms with Crippen molar-refractivity contribution in [3.8, 4) is 0 Å². The molecule has 14 heavy (non-hydrogen) atoms. The quantitative estimate of drug-likeness (QED) is 0.567. The van der Waals surface area contributed by atoms with Gasteiger partial charge in [0.25, 0.3) is 0 Å². The SMILES string of the molecule is CC1CCNC1C(=O)NC1CC(O)C1. The third-order valence-corrected chi connectivity index (χ3v) is 3.28.